The summed E-state index contributed by atoms with van der Waals surface area (Å²) in [6.45, 7) is 12.6. The second-order valence-electron chi connectivity index (χ2n) is 10.2. The van der Waals surface area contributed by atoms with Crippen LogP contribution in [0.3, 0.4) is 0 Å². The third kappa shape index (κ3) is 6.46. The molecule has 0 radical (unpaired) electrons. The Morgan fingerprint density at radius 2 is 1.49 bits per heavy atom. The number of rotatable bonds is 8. The van der Waals surface area contributed by atoms with E-state index in [9.17, 15) is 19.2 Å². The van der Waals surface area contributed by atoms with Gasteiger partial charge in [0.2, 0.25) is 5.06 Å². The highest BCUT2D eigenvalue weighted by atomic mass is 32.2. The molecule has 0 spiro atoms. The molecule has 0 aromatic carbocycles. The predicted molar refractivity (Wildman–Crippen MR) is 127 cm³/mol. The van der Waals surface area contributed by atoms with Crippen LogP contribution in [0.4, 0.5) is 0 Å². The fourth-order valence-corrected chi connectivity index (χ4v) is 6.50. The summed E-state index contributed by atoms with van der Waals surface area (Å²) < 4.78 is 28.5. The van der Waals surface area contributed by atoms with E-state index in [0.29, 0.717) is 0 Å². The summed E-state index contributed by atoms with van der Waals surface area (Å²) >= 11 is 0.823. The molecular formula is C23H38N2O9S. The highest BCUT2D eigenvalue weighted by molar-refractivity contribution is 7.98. The summed E-state index contributed by atoms with van der Waals surface area (Å²) in [6, 6.07) is 0. The first-order valence-electron chi connectivity index (χ1n) is 11.6. The number of carbonyl (C=O) groups is 4. The summed E-state index contributed by atoms with van der Waals surface area (Å²) in [5.74, 6) is -2.55. The van der Waals surface area contributed by atoms with Crippen LogP contribution >= 0.6 is 11.9 Å². The van der Waals surface area contributed by atoms with Gasteiger partial charge in [0.25, 0.3) is 0 Å². The Labute approximate surface area is 210 Å². The maximum atomic E-state index is 12.3. The van der Waals surface area contributed by atoms with Crippen LogP contribution in [-0.2, 0) is 42.9 Å². The summed E-state index contributed by atoms with van der Waals surface area (Å²) in [6.07, 6.45) is -2.15. The topological polar surface area (TPSA) is 144 Å². The van der Waals surface area contributed by atoms with Crippen molar-refractivity contribution in [1.29, 1.82) is 0 Å². The highest BCUT2D eigenvalue weighted by Crippen LogP contribution is 2.53. The number of hydrogen-bond acceptors (Lipinski definition) is 12. The summed E-state index contributed by atoms with van der Waals surface area (Å²) in [7, 11) is 0. The van der Waals surface area contributed by atoms with Gasteiger partial charge in [0.05, 0.1) is 0 Å². The van der Waals surface area contributed by atoms with E-state index in [-0.39, 0.29) is 6.61 Å². The van der Waals surface area contributed by atoms with E-state index in [4.69, 9.17) is 28.8 Å². The molecule has 2 aliphatic heterocycles. The molecular weight excluding hydrogens is 480 g/mol. The van der Waals surface area contributed by atoms with Crippen LogP contribution in [0.25, 0.3) is 0 Å². The van der Waals surface area contributed by atoms with Crippen LogP contribution in [0.5, 0.6) is 0 Å². The van der Waals surface area contributed by atoms with Crippen molar-refractivity contribution in [3.8, 4) is 0 Å². The Morgan fingerprint density at radius 1 is 0.943 bits per heavy atom. The van der Waals surface area contributed by atoms with E-state index < -0.39 is 64.4 Å². The molecule has 0 aliphatic carbocycles. The molecule has 2 rings (SSSR count). The molecule has 5 atom stereocenters. The van der Waals surface area contributed by atoms with E-state index in [1.807, 2.05) is 27.7 Å². The zero-order valence-corrected chi connectivity index (χ0v) is 22.6. The summed E-state index contributed by atoms with van der Waals surface area (Å²) in [4.78, 5) is 49.9. The molecule has 2 heterocycles. The molecule has 12 heteroatoms. The van der Waals surface area contributed by atoms with Gasteiger partial charge < -0.3 is 23.7 Å². The fourth-order valence-electron chi connectivity index (χ4n) is 5.41. The summed E-state index contributed by atoms with van der Waals surface area (Å²) in [5.41, 5.74) is -0.927. The molecule has 11 nitrogen and oxygen atoms in total. The van der Waals surface area contributed by atoms with Gasteiger partial charge in [0.15, 0.2) is 18.3 Å². The molecule has 2 aliphatic rings. The number of ether oxygens (including phenoxy) is 5. The molecule has 35 heavy (non-hydrogen) atoms. The van der Waals surface area contributed by atoms with Gasteiger partial charge in [-0.2, -0.15) is 0 Å². The Hall–Kier alpha value is -1.89. The maximum Gasteiger partial charge on any atom is 0.303 e. The number of hydrogen-bond donors (Lipinski definition) is 1. The van der Waals surface area contributed by atoms with Gasteiger partial charge in [0.1, 0.15) is 12.7 Å². The second kappa shape index (κ2) is 11.0. The van der Waals surface area contributed by atoms with E-state index in [2.05, 4.69) is 4.90 Å². The van der Waals surface area contributed by atoms with Gasteiger partial charge in [-0.15, -0.1) is 0 Å². The lowest BCUT2D eigenvalue weighted by Crippen LogP contribution is -2.71. The molecule has 2 fully saturated rings. The standard InChI is InChI=1S/C23H38N2O9S/c1-13(26)30-12-17(31-14(2)27)18-19(32-15(3)28)20(33-16(4)29)23(34-18,35-24)25-21(5,6)10-9-11-22(25,7)8/h17-20H,9-12,24H2,1-8H3/t17-,18+,19+,20-,23-/m1/s1. The monoisotopic (exact) mass is 518 g/mol. The average molecular weight is 519 g/mol. The van der Waals surface area contributed by atoms with Gasteiger partial charge in [-0.1, -0.05) is 0 Å². The first-order chi connectivity index (χ1) is 16.1. The number of likely N-dealkylation sites (tertiary alicyclic amines) is 1. The van der Waals surface area contributed by atoms with Crippen molar-refractivity contribution >= 4 is 35.8 Å². The lowest BCUT2D eigenvalue weighted by Gasteiger charge is -2.59. The zero-order valence-electron chi connectivity index (χ0n) is 21.7. The first kappa shape index (κ1) is 29.3. The van der Waals surface area contributed by atoms with Crippen LogP contribution in [0.15, 0.2) is 0 Å². The van der Waals surface area contributed by atoms with Crippen LogP contribution in [0, 0.1) is 0 Å². The molecule has 0 aromatic heterocycles. The Bertz CT molecular complexity index is 818. The zero-order chi connectivity index (χ0) is 26.8. The largest absolute Gasteiger partial charge is 0.462 e. The number of carbonyl (C=O) groups excluding carboxylic acids is 4. The molecule has 0 bridgehead atoms. The minimum absolute atomic E-state index is 0.359. The van der Waals surface area contributed by atoms with Crippen molar-refractivity contribution in [3.63, 3.8) is 0 Å². The van der Waals surface area contributed by atoms with Crippen molar-refractivity contribution in [2.75, 3.05) is 6.61 Å². The minimum atomic E-state index is -1.52. The van der Waals surface area contributed by atoms with Crippen molar-refractivity contribution < 1.29 is 42.9 Å². The third-order valence-corrected chi connectivity index (χ3v) is 7.13. The predicted octanol–water partition coefficient (Wildman–Crippen LogP) is 2.05. The molecule has 0 aromatic rings. The molecule has 2 saturated heterocycles. The number of nitrogens with zero attached hydrogens (tertiary/aromatic N) is 1. The lowest BCUT2D eigenvalue weighted by atomic mass is 9.79. The molecule has 200 valence electrons. The highest BCUT2D eigenvalue weighted by Gasteiger charge is 2.69. The SMILES string of the molecule is CC(=O)OC[C@@H](OC(C)=O)[C@@H]1O[C@](SN)(N2C(C)(C)CCCC2(C)C)[C@H](OC(C)=O)[C@H]1OC(C)=O. The van der Waals surface area contributed by atoms with E-state index in [0.717, 1.165) is 31.2 Å². The van der Waals surface area contributed by atoms with E-state index in [1.165, 1.54) is 27.7 Å². The van der Waals surface area contributed by atoms with Crippen molar-refractivity contribution in [2.45, 2.75) is 115 Å². The van der Waals surface area contributed by atoms with Gasteiger partial charge in [-0.3, -0.25) is 29.2 Å². The van der Waals surface area contributed by atoms with Crippen LogP contribution in [-0.4, -0.2) is 75.9 Å². The second-order valence-corrected chi connectivity index (χ2v) is 11.0. The van der Waals surface area contributed by atoms with Gasteiger partial charge in [0, 0.05) is 38.8 Å². The maximum absolute atomic E-state index is 12.3. The summed E-state index contributed by atoms with van der Waals surface area (Å²) in [5, 5.41) is 4.80. The quantitative estimate of drug-likeness (QED) is 0.285. The van der Waals surface area contributed by atoms with Crippen molar-refractivity contribution in [3.05, 3.63) is 0 Å². The number of nitrogens with two attached hydrogens (primary N) is 1. The van der Waals surface area contributed by atoms with Gasteiger partial charge in [-0.25, -0.2) is 0 Å². The van der Waals surface area contributed by atoms with Crippen LogP contribution in [0.2, 0.25) is 0 Å². The Balaban J connectivity index is 2.72. The number of piperidine rings is 1. The molecule has 2 N–H and O–H groups in total. The third-order valence-electron chi connectivity index (χ3n) is 6.28. The average Bonchev–Trinajstić information content (AvgIpc) is 2.96. The smallest absolute Gasteiger partial charge is 0.303 e. The van der Waals surface area contributed by atoms with Gasteiger partial charge in [-0.05, 0) is 58.9 Å². The molecule has 0 amide bonds. The Morgan fingerprint density at radius 3 is 1.91 bits per heavy atom. The van der Waals surface area contributed by atoms with Crippen LogP contribution in [0.1, 0.15) is 74.7 Å². The van der Waals surface area contributed by atoms with Gasteiger partial charge >= 0.3 is 23.9 Å². The van der Waals surface area contributed by atoms with Crippen LogP contribution < -0.4 is 5.14 Å². The normalized spacial score (nSPS) is 30.7. The fraction of sp³-hybridized carbons (Fsp3) is 0.826. The minimum Gasteiger partial charge on any atom is -0.462 e. The van der Waals surface area contributed by atoms with Crippen molar-refractivity contribution in [2.24, 2.45) is 5.14 Å². The number of esters is 4. The van der Waals surface area contributed by atoms with E-state index in [1.54, 1.807) is 0 Å². The van der Waals surface area contributed by atoms with Crippen molar-refractivity contribution in [1.82, 2.24) is 4.90 Å². The lowest BCUT2D eigenvalue weighted by molar-refractivity contribution is -0.221. The molecule has 0 unspecified atom stereocenters. The van der Waals surface area contributed by atoms with E-state index >= 15 is 0 Å². The first-order valence-corrected chi connectivity index (χ1v) is 12.5. The Kier molecular flexibility index (Phi) is 9.24. The molecule has 0 saturated carbocycles.